The van der Waals surface area contributed by atoms with E-state index in [1.807, 2.05) is 6.92 Å². The normalized spacial score (nSPS) is 13.2. The lowest BCUT2D eigenvalue weighted by Crippen LogP contribution is -2.35. The molecule has 1 aromatic heterocycles. The number of rotatable bonds is 7. The van der Waals surface area contributed by atoms with Crippen LogP contribution in [0, 0.1) is 0 Å². The number of carbonyl (C=O) groups is 3. The zero-order valence-corrected chi connectivity index (χ0v) is 15.8. The van der Waals surface area contributed by atoms with Crippen molar-refractivity contribution in [2.75, 3.05) is 6.54 Å². The summed E-state index contributed by atoms with van der Waals surface area (Å²) < 4.78 is 6.66. The van der Waals surface area contributed by atoms with Crippen LogP contribution < -0.4 is 0 Å². The Kier molecular flexibility index (Phi) is 5.71. The second-order valence-electron chi connectivity index (χ2n) is 5.84. The van der Waals surface area contributed by atoms with Gasteiger partial charge in [0.1, 0.15) is 6.54 Å². The van der Waals surface area contributed by atoms with Crippen molar-refractivity contribution in [2.24, 2.45) is 0 Å². The fraction of sp³-hybridized carbons (Fsp3) is 0.375. The van der Waals surface area contributed by atoms with Crippen LogP contribution in [0.25, 0.3) is 0 Å². The standard InChI is InChI=1S/C16H15Cl2N5O4/c1-2-3-4-23-13(19-20-21-23)8-27-14(24)7-22-15(25)9-5-11(17)12(18)6-10(9)16(22)26/h5-6H,2-4,7-8H2,1H3. The van der Waals surface area contributed by atoms with E-state index in [4.69, 9.17) is 27.9 Å². The average molecular weight is 412 g/mol. The van der Waals surface area contributed by atoms with Gasteiger partial charge in [-0.3, -0.25) is 19.3 Å². The molecule has 0 radical (unpaired) electrons. The lowest BCUT2D eigenvalue weighted by Gasteiger charge is -2.12. The number of tetrazole rings is 1. The molecule has 0 spiro atoms. The van der Waals surface area contributed by atoms with Crippen molar-refractivity contribution in [1.29, 1.82) is 0 Å². The zero-order valence-electron chi connectivity index (χ0n) is 14.3. The van der Waals surface area contributed by atoms with E-state index < -0.39 is 24.3 Å². The molecule has 1 aromatic carbocycles. The predicted octanol–water partition coefficient (Wildman–Crippen LogP) is 2.12. The minimum Gasteiger partial charge on any atom is -0.456 e. The van der Waals surface area contributed by atoms with E-state index in [2.05, 4.69) is 15.5 Å². The highest BCUT2D eigenvalue weighted by Gasteiger charge is 2.37. The van der Waals surface area contributed by atoms with Crippen LogP contribution in [0.4, 0.5) is 0 Å². The van der Waals surface area contributed by atoms with E-state index in [1.165, 1.54) is 12.1 Å². The number of halogens is 2. The molecule has 2 aromatic rings. The summed E-state index contributed by atoms with van der Waals surface area (Å²) in [6, 6.07) is 2.62. The molecular formula is C16H15Cl2N5O4. The Bertz CT molecular complexity index is 873. The molecule has 1 aliphatic rings. The molecule has 0 atom stereocenters. The summed E-state index contributed by atoms with van der Waals surface area (Å²) in [6.07, 6.45) is 1.85. The second-order valence-corrected chi connectivity index (χ2v) is 6.66. The van der Waals surface area contributed by atoms with Crippen molar-refractivity contribution < 1.29 is 19.1 Å². The molecule has 2 heterocycles. The largest absolute Gasteiger partial charge is 0.456 e. The summed E-state index contributed by atoms with van der Waals surface area (Å²) >= 11 is 11.8. The SMILES string of the molecule is CCCCn1nnnc1COC(=O)CN1C(=O)c2cc(Cl)c(Cl)cc2C1=O. The molecule has 0 N–H and O–H groups in total. The van der Waals surface area contributed by atoms with Crippen LogP contribution in [-0.4, -0.2) is 49.4 Å². The van der Waals surface area contributed by atoms with E-state index in [0.29, 0.717) is 12.4 Å². The van der Waals surface area contributed by atoms with Gasteiger partial charge in [0.15, 0.2) is 12.4 Å². The van der Waals surface area contributed by atoms with Gasteiger partial charge in [-0.15, -0.1) is 5.10 Å². The van der Waals surface area contributed by atoms with E-state index in [9.17, 15) is 14.4 Å². The first-order valence-electron chi connectivity index (χ1n) is 8.18. The van der Waals surface area contributed by atoms with Gasteiger partial charge in [-0.2, -0.15) is 0 Å². The Balaban J connectivity index is 1.63. The summed E-state index contributed by atoms with van der Waals surface area (Å²) in [6.45, 7) is 1.96. The molecule has 0 saturated heterocycles. The van der Waals surface area contributed by atoms with Gasteiger partial charge in [0, 0.05) is 6.54 Å². The number of benzene rings is 1. The lowest BCUT2D eigenvalue weighted by molar-refractivity contribution is -0.145. The third-order valence-corrected chi connectivity index (χ3v) is 4.71. The number of hydrogen-bond acceptors (Lipinski definition) is 7. The minimum atomic E-state index is -0.758. The monoisotopic (exact) mass is 411 g/mol. The fourth-order valence-electron chi connectivity index (χ4n) is 2.56. The van der Waals surface area contributed by atoms with Crippen LogP contribution >= 0.6 is 23.2 Å². The number of ether oxygens (including phenoxy) is 1. The molecule has 0 aliphatic carbocycles. The number of imide groups is 1. The van der Waals surface area contributed by atoms with Gasteiger partial charge >= 0.3 is 5.97 Å². The summed E-state index contributed by atoms with van der Waals surface area (Å²) in [5.41, 5.74) is 0.205. The Morgan fingerprint density at radius 3 is 2.37 bits per heavy atom. The number of carbonyl (C=O) groups excluding carboxylic acids is 3. The third-order valence-electron chi connectivity index (χ3n) is 3.99. The number of unbranched alkanes of at least 4 members (excludes halogenated alkanes) is 1. The molecule has 11 heteroatoms. The minimum absolute atomic E-state index is 0.103. The van der Waals surface area contributed by atoms with Crippen LogP contribution in [0.1, 0.15) is 46.3 Å². The number of aromatic nitrogens is 4. The van der Waals surface area contributed by atoms with E-state index in [1.54, 1.807) is 4.68 Å². The van der Waals surface area contributed by atoms with E-state index in [-0.39, 0.29) is 27.8 Å². The van der Waals surface area contributed by atoms with Crippen molar-refractivity contribution in [3.05, 3.63) is 39.1 Å². The first-order valence-corrected chi connectivity index (χ1v) is 8.93. The molecule has 2 amide bonds. The number of fused-ring (bicyclic) bond motifs is 1. The number of amides is 2. The quantitative estimate of drug-likeness (QED) is 0.506. The Morgan fingerprint density at radius 2 is 1.78 bits per heavy atom. The summed E-state index contributed by atoms with van der Waals surface area (Å²) in [4.78, 5) is 37.6. The van der Waals surface area contributed by atoms with Crippen molar-refractivity contribution >= 4 is 41.0 Å². The summed E-state index contributed by atoms with van der Waals surface area (Å²) in [5, 5.41) is 11.5. The number of esters is 1. The molecule has 0 bridgehead atoms. The average Bonchev–Trinajstić information content (AvgIpc) is 3.18. The maximum Gasteiger partial charge on any atom is 0.326 e. The Labute approximate surface area is 164 Å². The van der Waals surface area contributed by atoms with Gasteiger partial charge in [-0.25, -0.2) is 4.68 Å². The van der Waals surface area contributed by atoms with Crippen molar-refractivity contribution in [1.82, 2.24) is 25.1 Å². The molecule has 3 rings (SSSR count). The highest BCUT2D eigenvalue weighted by Crippen LogP contribution is 2.31. The molecule has 0 unspecified atom stereocenters. The maximum absolute atomic E-state index is 12.4. The first-order chi connectivity index (χ1) is 12.9. The second kappa shape index (κ2) is 8.01. The van der Waals surface area contributed by atoms with E-state index >= 15 is 0 Å². The van der Waals surface area contributed by atoms with Crippen molar-refractivity contribution in [3.63, 3.8) is 0 Å². The van der Waals surface area contributed by atoms with Crippen molar-refractivity contribution in [3.8, 4) is 0 Å². The van der Waals surface area contributed by atoms with Gasteiger partial charge in [0.25, 0.3) is 11.8 Å². The van der Waals surface area contributed by atoms with E-state index in [0.717, 1.165) is 17.7 Å². The zero-order chi connectivity index (χ0) is 19.6. The number of hydrogen-bond donors (Lipinski definition) is 0. The maximum atomic E-state index is 12.4. The van der Waals surface area contributed by atoms with Crippen LogP contribution in [0.2, 0.25) is 10.0 Å². The molecule has 0 fully saturated rings. The first kappa shape index (κ1) is 19.2. The number of aryl methyl sites for hydroxylation is 1. The van der Waals surface area contributed by atoms with Crippen LogP contribution in [0.3, 0.4) is 0 Å². The highest BCUT2D eigenvalue weighted by molar-refractivity contribution is 6.43. The van der Waals surface area contributed by atoms with Crippen LogP contribution in [0.15, 0.2) is 12.1 Å². The number of nitrogens with zero attached hydrogens (tertiary/aromatic N) is 5. The predicted molar refractivity (Wildman–Crippen MR) is 94.4 cm³/mol. The van der Waals surface area contributed by atoms with Crippen LogP contribution in [-0.2, 0) is 22.7 Å². The van der Waals surface area contributed by atoms with Gasteiger partial charge in [0.05, 0.1) is 21.2 Å². The van der Waals surface area contributed by atoms with Gasteiger partial charge in [-0.05, 0) is 29.0 Å². The lowest BCUT2D eigenvalue weighted by atomic mass is 10.1. The Morgan fingerprint density at radius 1 is 1.15 bits per heavy atom. The topological polar surface area (TPSA) is 107 Å². The summed E-state index contributed by atoms with van der Waals surface area (Å²) in [5.74, 6) is -1.62. The molecule has 0 saturated carbocycles. The fourth-order valence-corrected chi connectivity index (χ4v) is 2.88. The van der Waals surface area contributed by atoms with Gasteiger partial charge in [0.2, 0.25) is 0 Å². The van der Waals surface area contributed by atoms with Gasteiger partial charge in [-0.1, -0.05) is 36.5 Å². The molecule has 1 aliphatic heterocycles. The molecule has 27 heavy (non-hydrogen) atoms. The van der Waals surface area contributed by atoms with Gasteiger partial charge < -0.3 is 4.74 Å². The van der Waals surface area contributed by atoms with Crippen molar-refractivity contribution in [2.45, 2.75) is 32.9 Å². The third kappa shape index (κ3) is 3.93. The highest BCUT2D eigenvalue weighted by atomic mass is 35.5. The Hall–Kier alpha value is -2.52. The molecule has 9 nitrogen and oxygen atoms in total. The summed E-state index contributed by atoms with van der Waals surface area (Å²) in [7, 11) is 0. The van der Waals surface area contributed by atoms with Crippen LogP contribution in [0.5, 0.6) is 0 Å². The molecular weight excluding hydrogens is 397 g/mol. The molecule has 142 valence electrons. The smallest absolute Gasteiger partial charge is 0.326 e.